The molecule has 1 spiro atoms. The van der Waals surface area contributed by atoms with Gasteiger partial charge in [0.15, 0.2) is 0 Å². The second-order valence-electron chi connectivity index (χ2n) is 5.56. The molecule has 1 heteroatoms. The van der Waals surface area contributed by atoms with Gasteiger partial charge in [-0.2, -0.15) is 0 Å². The molecule has 1 nitrogen and oxygen atoms in total. The van der Waals surface area contributed by atoms with Crippen molar-refractivity contribution in [1.29, 1.82) is 0 Å². The van der Waals surface area contributed by atoms with Crippen LogP contribution in [0.2, 0.25) is 0 Å². The SMILES string of the molecule is CC12CCCC3CC31CCCC2=O. The molecule has 3 aliphatic rings. The van der Waals surface area contributed by atoms with Gasteiger partial charge in [0.2, 0.25) is 0 Å². The van der Waals surface area contributed by atoms with E-state index in [0.29, 0.717) is 11.2 Å². The molecule has 72 valence electrons. The fourth-order valence-corrected chi connectivity index (χ4v) is 4.23. The summed E-state index contributed by atoms with van der Waals surface area (Å²) in [6.45, 7) is 2.26. The Morgan fingerprint density at radius 2 is 2.15 bits per heavy atom. The molecule has 0 saturated heterocycles. The highest BCUT2D eigenvalue weighted by molar-refractivity contribution is 5.87. The van der Waals surface area contributed by atoms with Crippen molar-refractivity contribution in [2.45, 2.75) is 51.9 Å². The number of rotatable bonds is 0. The van der Waals surface area contributed by atoms with Crippen molar-refractivity contribution in [2.75, 3.05) is 0 Å². The Balaban J connectivity index is 2.01. The van der Waals surface area contributed by atoms with Crippen molar-refractivity contribution in [3.8, 4) is 0 Å². The Hall–Kier alpha value is -0.330. The minimum Gasteiger partial charge on any atom is -0.299 e. The summed E-state index contributed by atoms with van der Waals surface area (Å²) in [6.07, 6.45) is 8.64. The van der Waals surface area contributed by atoms with E-state index in [1.807, 2.05) is 0 Å². The molecule has 0 bridgehead atoms. The lowest BCUT2D eigenvalue weighted by Crippen LogP contribution is -2.43. The summed E-state index contributed by atoms with van der Waals surface area (Å²) in [5.41, 5.74) is 0.606. The molecule has 3 saturated carbocycles. The molecule has 0 heterocycles. The average Bonchev–Trinajstić information content (AvgIpc) is 2.79. The van der Waals surface area contributed by atoms with Crippen LogP contribution in [-0.2, 0) is 4.79 Å². The predicted molar refractivity (Wildman–Crippen MR) is 51.4 cm³/mol. The maximum Gasteiger partial charge on any atom is 0.139 e. The van der Waals surface area contributed by atoms with Gasteiger partial charge in [-0.05, 0) is 43.4 Å². The second kappa shape index (κ2) is 2.18. The van der Waals surface area contributed by atoms with Crippen molar-refractivity contribution in [2.24, 2.45) is 16.7 Å². The first-order valence-corrected chi connectivity index (χ1v) is 5.72. The van der Waals surface area contributed by atoms with Gasteiger partial charge in [-0.15, -0.1) is 0 Å². The number of carbonyl (C=O) groups excluding carboxylic acids is 1. The molecule has 0 amide bonds. The zero-order valence-corrected chi connectivity index (χ0v) is 8.44. The summed E-state index contributed by atoms with van der Waals surface area (Å²) < 4.78 is 0. The highest BCUT2D eigenvalue weighted by atomic mass is 16.1. The van der Waals surface area contributed by atoms with Gasteiger partial charge in [-0.3, -0.25) is 4.79 Å². The van der Waals surface area contributed by atoms with E-state index in [9.17, 15) is 4.79 Å². The molecule has 13 heavy (non-hydrogen) atoms. The van der Waals surface area contributed by atoms with E-state index in [1.165, 1.54) is 38.5 Å². The summed E-state index contributed by atoms with van der Waals surface area (Å²) in [7, 11) is 0. The van der Waals surface area contributed by atoms with Gasteiger partial charge in [0.25, 0.3) is 0 Å². The number of carbonyl (C=O) groups is 1. The molecule has 3 atom stereocenters. The first-order valence-electron chi connectivity index (χ1n) is 5.72. The zero-order chi connectivity index (χ0) is 9.10. The molecular weight excluding hydrogens is 160 g/mol. The van der Waals surface area contributed by atoms with Gasteiger partial charge >= 0.3 is 0 Å². The minimum absolute atomic E-state index is 0.105. The predicted octanol–water partition coefficient (Wildman–Crippen LogP) is 2.94. The van der Waals surface area contributed by atoms with Crippen LogP contribution < -0.4 is 0 Å². The van der Waals surface area contributed by atoms with E-state index < -0.39 is 0 Å². The van der Waals surface area contributed by atoms with Crippen molar-refractivity contribution in [3.63, 3.8) is 0 Å². The van der Waals surface area contributed by atoms with Crippen molar-refractivity contribution >= 4 is 5.78 Å². The monoisotopic (exact) mass is 178 g/mol. The van der Waals surface area contributed by atoms with Crippen LogP contribution in [0.3, 0.4) is 0 Å². The van der Waals surface area contributed by atoms with Crippen LogP contribution in [0.4, 0.5) is 0 Å². The Kier molecular flexibility index (Phi) is 1.35. The van der Waals surface area contributed by atoms with E-state index in [1.54, 1.807) is 0 Å². The third kappa shape index (κ3) is 0.769. The Bertz CT molecular complexity index is 270. The van der Waals surface area contributed by atoms with Gasteiger partial charge in [0, 0.05) is 11.8 Å². The van der Waals surface area contributed by atoms with Gasteiger partial charge in [-0.25, -0.2) is 0 Å². The Labute approximate surface area is 79.9 Å². The van der Waals surface area contributed by atoms with E-state index in [2.05, 4.69) is 6.92 Å². The van der Waals surface area contributed by atoms with Crippen LogP contribution in [0.5, 0.6) is 0 Å². The van der Waals surface area contributed by atoms with Crippen LogP contribution in [0.1, 0.15) is 51.9 Å². The van der Waals surface area contributed by atoms with Crippen molar-refractivity contribution in [1.82, 2.24) is 0 Å². The molecular formula is C12H18O. The fourth-order valence-electron chi connectivity index (χ4n) is 4.23. The Morgan fingerprint density at radius 1 is 1.31 bits per heavy atom. The summed E-state index contributed by atoms with van der Waals surface area (Å²) in [5, 5.41) is 0. The van der Waals surface area contributed by atoms with Crippen molar-refractivity contribution in [3.05, 3.63) is 0 Å². The lowest BCUT2D eigenvalue weighted by Gasteiger charge is -2.44. The molecule has 3 unspecified atom stereocenters. The second-order valence-corrected chi connectivity index (χ2v) is 5.56. The van der Waals surface area contributed by atoms with E-state index in [-0.39, 0.29) is 5.41 Å². The molecule has 0 aromatic carbocycles. The molecule has 0 aliphatic heterocycles. The van der Waals surface area contributed by atoms with Crippen LogP contribution in [-0.4, -0.2) is 5.78 Å². The minimum atomic E-state index is 0.105. The zero-order valence-electron chi connectivity index (χ0n) is 8.44. The summed E-state index contributed by atoms with van der Waals surface area (Å²) in [4.78, 5) is 12.0. The molecule has 3 fully saturated rings. The third-order valence-electron chi connectivity index (χ3n) is 5.20. The average molecular weight is 178 g/mol. The van der Waals surface area contributed by atoms with Gasteiger partial charge < -0.3 is 0 Å². The molecule has 0 aromatic heterocycles. The maximum atomic E-state index is 12.0. The van der Waals surface area contributed by atoms with Crippen LogP contribution in [0, 0.1) is 16.7 Å². The first kappa shape index (κ1) is 8.02. The molecule has 0 radical (unpaired) electrons. The largest absolute Gasteiger partial charge is 0.299 e. The summed E-state index contributed by atoms with van der Waals surface area (Å²) in [5.74, 6) is 1.51. The highest BCUT2D eigenvalue weighted by Crippen LogP contribution is 2.73. The summed E-state index contributed by atoms with van der Waals surface area (Å²) in [6, 6.07) is 0. The lowest BCUT2D eigenvalue weighted by molar-refractivity contribution is -0.138. The first-order chi connectivity index (χ1) is 6.19. The van der Waals surface area contributed by atoms with Crippen LogP contribution in [0.15, 0.2) is 0 Å². The lowest BCUT2D eigenvalue weighted by atomic mass is 9.58. The maximum absolute atomic E-state index is 12.0. The van der Waals surface area contributed by atoms with Crippen LogP contribution in [0.25, 0.3) is 0 Å². The third-order valence-corrected chi connectivity index (χ3v) is 5.20. The van der Waals surface area contributed by atoms with Crippen molar-refractivity contribution < 1.29 is 4.79 Å². The van der Waals surface area contributed by atoms with Gasteiger partial charge in [-0.1, -0.05) is 13.3 Å². The van der Waals surface area contributed by atoms with E-state index >= 15 is 0 Å². The van der Waals surface area contributed by atoms with Gasteiger partial charge in [0.05, 0.1) is 0 Å². The molecule has 0 N–H and O–H groups in total. The van der Waals surface area contributed by atoms with Crippen LogP contribution >= 0.6 is 0 Å². The number of hydrogen-bond donors (Lipinski definition) is 0. The molecule has 0 aromatic rings. The highest BCUT2D eigenvalue weighted by Gasteiger charge is 2.68. The number of ketones is 1. The molecule has 3 rings (SSSR count). The number of hydrogen-bond acceptors (Lipinski definition) is 1. The quantitative estimate of drug-likeness (QED) is 0.557. The Morgan fingerprint density at radius 3 is 2.92 bits per heavy atom. The van der Waals surface area contributed by atoms with Gasteiger partial charge in [0.1, 0.15) is 5.78 Å². The normalized spacial score (nSPS) is 53.9. The van der Waals surface area contributed by atoms with E-state index in [4.69, 9.17) is 0 Å². The fraction of sp³-hybridized carbons (Fsp3) is 0.917. The molecule has 3 aliphatic carbocycles. The number of Topliss-reactive ketones (excluding diaryl/α,β-unsaturated/α-hetero) is 1. The van der Waals surface area contributed by atoms with E-state index in [0.717, 1.165) is 12.3 Å². The topological polar surface area (TPSA) is 17.1 Å². The summed E-state index contributed by atoms with van der Waals surface area (Å²) >= 11 is 0. The standard InChI is InChI=1S/C12H18O/c1-11-6-2-4-9-8-12(9,11)7-3-5-10(11)13/h9H,2-8H2,1H3. The smallest absolute Gasteiger partial charge is 0.139 e.